The second kappa shape index (κ2) is 9.64. The third kappa shape index (κ3) is 5.16. The third-order valence-corrected chi connectivity index (χ3v) is 7.10. The van der Waals surface area contributed by atoms with Gasteiger partial charge in [-0.1, -0.05) is 32.4 Å². The summed E-state index contributed by atoms with van der Waals surface area (Å²) in [4.78, 5) is 40.3. The first-order valence-electron chi connectivity index (χ1n) is 9.90. The Morgan fingerprint density at radius 1 is 1.25 bits per heavy atom. The largest absolute Gasteiger partial charge is 0.364 e. The molecular formula is C22H25ClN4O3S2. The van der Waals surface area contributed by atoms with Crippen LogP contribution in [0.3, 0.4) is 0 Å². The molecule has 0 aliphatic heterocycles. The molecule has 3 aromatic heterocycles. The summed E-state index contributed by atoms with van der Waals surface area (Å²) in [5.74, 6) is 1.06. The molecule has 0 atom stereocenters. The number of aldehydes is 1. The number of anilines is 1. The maximum absolute atomic E-state index is 13.2. The van der Waals surface area contributed by atoms with E-state index >= 15 is 0 Å². The number of rotatable bonds is 7. The molecular weight excluding hydrogens is 468 g/mol. The van der Waals surface area contributed by atoms with Crippen molar-refractivity contribution in [2.24, 2.45) is 5.41 Å². The number of carbonyl (C=O) groups excluding carboxylic acids is 2. The van der Waals surface area contributed by atoms with E-state index in [4.69, 9.17) is 11.6 Å². The summed E-state index contributed by atoms with van der Waals surface area (Å²) >= 11 is 8.98. The van der Waals surface area contributed by atoms with Gasteiger partial charge in [0.1, 0.15) is 17.1 Å². The summed E-state index contributed by atoms with van der Waals surface area (Å²) in [6, 6.07) is 8.99. The Labute approximate surface area is 200 Å². The Morgan fingerprint density at radius 3 is 2.53 bits per heavy atom. The molecule has 0 unspecified atom stereocenters. The van der Waals surface area contributed by atoms with Gasteiger partial charge in [-0.15, -0.1) is 23.1 Å². The molecule has 0 amide bonds. The predicted octanol–water partition coefficient (Wildman–Crippen LogP) is 4.67. The first kappa shape index (κ1) is 24.3. The summed E-state index contributed by atoms with van der Waals surface area (Å²) in [6.07, 6.45) is 0.688. The highest BCUT2D eigenvalue weighted by molar-refractivity contribution is 7.98. The van der Waals surface area contributed by atoms with Crippen molar-refractivity contribution in [1.29, 1.82) is 0 Å². The zero-order valence-electron chi connectivity index (χ0n) is 18.6. The van der Waals surface area contributed by atoms with E-state index in [-0.39, 0.29) is 18.0 Å². The number of thiophene rings is 1. The van der Waals surface area contributed by atoms with Crippen molar-refractivity contribution in [2.45, 2.75) is 38.1 Å². The maximum atomic E-state index is 13.2. The van der Waals surface area contributed by atoms with Gasteiger partial charge in [-0.05, 0) is 30.3 Å². The van der Waals surface area contributed by atoms with Crippen LogP contribution in [0.4, 0.5) is 5.82 Å². The van der Waals surface area contributed by atoms with Gasteiger partial charge in [-0.3, -0.25) is 14.2 Å². The normalized spacial score (nSPS) is 11.6. The zero-order valence-corrected chi connectivity index (χ0v) is 21.0. The SMILES string of the molecule is CN(C)c1ccc(-c2cc(SCc3ccc(Cl)s3)n(C(=O)C(C)(C)C)n2)c(=O)n1CC=O. The molecule has 0 saturated heterocycles. The highest BCUT2D eigenvalue weighted by Gasteiger charge is 2.28. The van der Waals surface area contributed by atoms with E-state index < -0.39 is 5.41 Å². The Bertz CT molecular complexity index is 1200. The fourth-order valence-corrected chi connectivity index (χ4v) is 5.16. The van der Waals surface area contributed by atoms with Crippen molar-refractivity contribution in [2.75, 3.05) is 19.0 Å². The molecule has 0 aliphatic rings. The lowest BCUT2D eigenvalue weighted by atomic mass is 9.96. The van der Waals surface area contributed by atoms with E-state index in [0.29, 0.717) is 38.5 Å². The number of pyridine rings is 1. The Hall–Kier alpha value is -2.36. The first-order valence-corrected chi connectivity index (χ1v) is 12.1. The minimum Gasteiger partial charge on any atom is -0.364 e. The molecule has 0 radical (unpaired) electrons. The molecule has 0 N–H and O–H groups in total. The second-order valence-corrected chi connectivity index (χ2v) is 11.2. The summed E-state index contributed by atoms with van der Waals surface area (Å²) in [5, 5.41) is 5.15. The van der Waals surface area contributed by atoms with Crippen molar-refractivity contribution in [3.8, 4) is 11.3 Å². The fraction of sp³-hybridized carbons (Fsp3) is 0.364. The van der Waals surface area contributed by atoms with Crippen LogP contribution in [0.5, 0.6) is 0 Å². The fourth-order valence-electron chi connectivity index (χ4n) is 3.04. The predicted molar refractivity (Wildman–Crippen MR) is 131 cm³/mol. The van der Waals surface area contributed by atoms with Crippen LogP contribution in [0.15, 0.2) is 40.2 Å². The summed E-state index contributed by atoms with van der Waals surface area (Å²) in [6.45, 7) is 5.41. The number of hydrogen-bond acceptors (Lipinski definition) is 7. The van der Waals surface area contributed by atoms with E-state index in [9.17, 15) is 14.4 Å². The molecule has 3 heterocycles. The van der Waals surface area contributed by atoms with E-state index in [1.807, 2.05) is 32.9 Å². The van der Waals surface area contributed by atoms with E-state index in [1.165, 1.54) is 32.3 Å². The first-order chi connectivity index (χ1) is 15.0. The zero-order chi connectivity index (χ0) is 23.6. The van der Waals surface area contributed by atoms with E-state index in [0.717, 1.165) is 4.88 Å². The minimum absolute atomic E-state index is 0.0669. The minimum atomic E-state index is -0.655. The Balaban J connectivity index is 2.08. The third-order valence-electron chi connectivity index (χ3n) is 4.64. The average molecular weight is 493 g/mol. The van der Waals surface area contributed by atoms with Crippen molar-refractivity contribution < 1.29 is 9.59 Å². The second-order valence-electron chi connectivity index (χ2n) is 8.41. The highest BCUT2D eigenvalue weighted by Crippen LogP contribution is 2.32. The van der Waals surface area contributed by atoms with Gasteiger partial charge in [0.2, 0.25) is 0 Å². The lowest BCUT2D eigenvalue weighted by Gasteiger charge is -2.18. The van der Waals surface area contributed by atoms with Crippen LogP contribution in [0.1, 0.15) is 30.4 Å². The van der Waals surface area contributed by atoms with Crippen molar-refractivity contribution in [3.63, 3.8) is 0 Å². The van der Waals surface area contributed by atoms with Gasteiger partial charge in [0.05, 0.1) is 22.1 Å². The van der Waals surface area contributed by atoms with Crippen molar-refractivity contribution in [3.05, 3.63) is 49.9 Å². The van der Waals surface area contributed by atoms with Crippen LogP contribution >= 0.6 is 34.7 Å². The molecule has 32 heavy (non-hydrogen) atoms. The van der Waals surface area contributed by atoms with E-state index in [1.54, 1.807) is 37.2 Å². The summed E-state index contributed by atoms with van der Waals surface area (Å²) < 4.78 is 3.48. The quantitative estimate of drug-likeness (QED) is 0.352. The number of nitrogens with zero attached hydrogens (tertiary/aromatic N) is 4. The number of aromatic nitrogens is 3. The Morgan fingerprint density at radius 2 is 1.97 bits per heavy atom. The van der Waals surface area contributed by atoms with Gasteiger partial charge in [0.15, 0.2) is 0 Å². The number of thioether (sulfide) groups is 1. The van der Waals surface area contributed by atoms with Crippen molar-refractivity contribution >= 4 is 52.7 Å². The van der Waals surface area contributed by atoms with Crippen LogP contribution < -0.4 is 10.5 Å². The van der Waals surface area contributed by atoms with Crippen LogP contribution in [-0.2, 0) is 17.1 Å². The molecule has 0 aromatic carbocycles. The lowest BCUT2D eigenvalue weighted by Crippen LogP contribution is -2.29. The molecule has 3 aromatic rings. The lowest BCUT2D eigenvalue weighted by molar-refractivity contribution is -0.108. The van der Waals surface area contributed by atoms with Crippen LogP contribution in [0.25, 0.3) is 11.3 Å². The molecule has 7 nitrogen and oxygen atoms in total. The van der Waals surface area contributed by atoms with Gasteiger partial charge in [0, 0.05) is 30.1 Å². The van der Waals surface area contributed by atoms with Crippen molar-refractivity contribution in [1.82, 2.24) is 14.3 Å². The summed E-state index contributed by atoms with van der Waals surface area (Å²) in [5.41, 5.74) is -0.266. The number of hydrogen-bond donors (Lipinski definition) is 0. The topological polar surface area (TPSA) is 77.2 Å². The van der Waals surface area contributed by atoms with Gasteiger partial charge in [-0.2, -0.15) is 9.78 Å². The maximum Gasteiger partial charge on any atom is 0.262 e. The Kier molecular flexibility index (Phi) is 7.32. The highest BCUT2D eigenvalue weighted by atomic mass is 35.5. The molecule has 0 spiro atoms. The smallest absolute Gasteiger partial charge is 0.262 e. The molecule has 10 heteroatoms. The molecule has 0 saturated carbocycles. The standard InChI is InChI=1S/C22H25ClN4O3S2/c1-22(2,3)21(30)27-19(31-13-14-6-8-17(23)32-14)12-16(24-27)15-7-9-18(25(4)5)26(10-11-28)20(15)29/h6-9,11-12H,10,13H2,1-5H3. The van der Waals surface area contributed by atoms with Crippen LogP contribution in [0.2, 0.25) is 4.34 Å². The van der Waals surface area contributed by atoms with Gasteiger partial charge in [-0.25, -0.2) is 0 Å². The molecule has 0 fully saturated rings. The average Bonchev–Trinajstić information content (AvgIpc) is 3.32. The molecule has 0 bridgehead atoms. The molecule has 170 valence electrons. The van der Waals surface area contributed by atoms with Gasteiger partial charge < -0.3 is 9.69 Å². The van der Waals surface area contributed by atoms with Gasteiger partial charge >= 0.3 is 0 Å². The van der Waals surface area contributed by atoms with Crippen LogP contribution in [0, 0.1) is 5.41 Å². The summed E-state index contributed by atoms with van der Waals surface area (Å²) in [7, 11) is 3.61. The van der Waals surface area contributed by atoms with Gasteiger partial charge in [0.25, 0.3) is 11.5 Å². The molecule has 3 rings (SSSR count). The number of carbonyl (C=O) groups is 2. The molecule has 0 aliphatic carbocycles. The van der Waals surface area contributed by atoms with E-state index in [2.05, 4.69) is 5.10 Å². The van der Waals surface area contributed by atoms with Crippen LogP contribution in [-0.4, -0.2) is 40.6 Å². The monoisotopic (exact) mass is 492 g/mol. The number of halogens is 1.